The number of sulfonamides is 1. The van der Waals surface area contributed by atoms with Crippen LogP contribution in [0.1, 0.15) is 11.1 Å². The first-order chi connectivity index (χ1) is 17.6. The first kappa shape index (κ1) is 27.5. The van der Waals surface area contributed by atoms with E-state index in [4.69, 9.17) is 24.7 Å². The second-order valence-corrected chi connectivity index (χ2v) is 9.53. The summed E-state index contributed by atoms with van der Waals surface area (Å²) in [7, 11) is 0.795. The van der Waals surface area contributed by atoms with Gasteiger partial charge in [-0.1, -0.05) is 6.07 Å². The Morgan fingerprint density at radius 2 is 1.35 bits per heavy atom. The molecule has 3 aromatic carbocycles. The van der Waals surface area contributed by atoms with E-state index in [0.29, 0.717) is 4.31 Å². The van der Waals surface area contributed by atoms with Gasteiger partial charge in [-0.05, 0) is 36.4 Å². The standard InChI is InChI=1S/C25H26F2N2O7S/c1-33-20-10-11-22(35-3)25(17(20)13-16-18(26)6-5-7-19(16)27)29(14-24(28)30)37(31,32)15-8-9-21(34-2)23(12-15)36-4/h5-12H,13-14H2,1-4H3,(H2,28,30). The van der Waals surface area contributed by atoms with Crippen LogP contribution >= 0.6 is 0 Å². The van der Waals surface area contributed by atoms with Crippen molar-refractivity contribution in [2.75, 3.05) is 39.3 Å². The van der Waals surface area contributed by atoms with Gasteiger partial charge >= 0.3 is 0 Å². The highest BCUT2D eigenvalue weighted by Crippen LogP contribution is 2.43. The first-order valence-corrected chi connectivity index (χ1v) is 12.2. The third-order valence-corrected chi connectivity index (χ3v) is 7.29. The highest BCUT2D eigenvalue weighted by molar-refractivity contribution is 7.92. The molecule has 0 spiro atoms. The van der Waals surface area contributed by atoms with Crippen LogP contribution in [0.25, 0.3) is 0 Å². The third-order valence-electron chi connectivity index (χ3n) is 5.55. The fourth-order valence-corrected chi connectivity index (χ4v) is 5.29. The van der Waals surface area contributed by atoms with Crippen molar-refractivity contribution >= 4 is 21.6 Å². The summed E-state index contributed by atoms with van der Waals surface area (Å²) in [5.74, 6) is -2.18. The molecule has 0 bridgehead atoms. The Bertz CT molecular complexity index is 1390. The Morgan fingerprint density at radius 3 is 1.89 bits per heavy atom. The van der Waals surface area contributed by atoms with Crippen molar-refractivity contribution in [2.24, 2.45) is 5.73 Å². The van der Waals surface area contributed by atoms with E-state index in [2.05, 4.69) is 0 Å². The summed E-state index contributed by atoms with van der Waals surface area (Å²) < 4.78 is 79.0. The summed E-state index contributed by atoms with van der Waals surface area (Å²) >= 11 is 0. The lowest BCUT2D eigenvalue weighted by Gasteiger charge is -2.28. The zero-order valence-corrected chi connectivity index (χ0v) is 21.4. The van der Waals surface area contributed by atoms with Gasteiger partial charge in [-0.15, -0.1) is 0 Å². The molecule has 2 N–H and O–H groups in total. The van der Waals surface area contributed by atoms with Crippen molar-refractivity contribution in [3.63, 3.8) is 0 Å². The molecule has 0 fully saturated rings. The van der Waals surface area contributed by atoms with Crippen LogP contribution in [-0.2, 0) is 21.2 Å². The second kappa shape index (κ2) is 11.3. The monoisotopic (exact) mass is 536 g/mol. The number of nitrogens with zero attached hydrogens (tertiary/aromatic N) is 1. The maximum atomic E-state index is 14.6. The smallest absolute Gasteiger partial charge is 0.265 e. The molecule has 3 aromatic rings. The van der Waals surface area contributed by atoms with Crippen molar-refractivity contribution in [2.45, 2.75) is 11.3 Å². The highest BCUT2D eigenvalue weighted by Gasteiger charge is 2.33. The van der Waals surface area contributed by atoms with Gasteiger partial charge in [0.2, 0.25) is 5.91 Å². The minimum atomic E-state index is -4.53. The fraction of sp³-hybridized carbons (Fsp3) is 0.240. The van der Waals surface area contributed by atoms with Crippen LogP contribution in [0.4, 0.5) is 14.5 Å². The van der Waals surface area contributed by atoms with Crippen molar-refractivity contribution in [1.82, 2.24) is 0 Å². The lowest BCUT2D eigenvalue weighted by atomic mass is 10.00. The predicted octanol–water partition coefficient (Wildman–Crippen LogP) is 3.27. The number of methoxy groups -OCH3 is 4. The Morgan fingerprint density at radius 1 is 0.811 bits per heavy atom. The van der Waals surface area contributed by atoms with Gasteiger partial charge in [0.05, 0.1) is 33.3 Å². The molecule has 3 rings (SSSR count). The van der Waals surface area contributed by atoms with Gasteiger partial charge < -0.3 is 24.7 Å². The quantitative estimate of drug-likeness (QED) is 0.400. The van der Waals surface area contributed by atoms with Gasteiger partial charge in [0.15, 0.2) is 11.5 Å². The van der Waals surface area contributed by atoms with Gasteiger partial charge in [0.1, 0.15) is 35.4 Å². The molecular weight excluding hydrogens is 510 g/mol. The molecule has 0 saturated heterocycles. The molecule has 12 heteroatoms. The molecule has 0 saturated carbocycles. The van der Waals surface area contributed by atoms with Crippen molar-refractivity contribution in [3.8, 4) is 23.0 Å². The van der Waals surface area contributed by atoms with Crippen LogP contribution in [0.3, 0.4) is 0 Å². The van der Waals surface area contributed by atoms with Gasteiger partial charge in [-0.25, -0.2) is 17.2 Å². The van der Waals surface area contributed by atoms with Crippen molar-refractivity contribution in [1.29, 1.82) is 0 Å². The number of carbonyl (C=O) groups excluding carboxylic acids is 1. The number of amides is 1. The van der Waals surface area contributed by atoms with Gasteiger partial charge in [-0.2, -0.15) is 0 Å². The lowest BCUT2D eigenvalue weighted by Crippen LogP contribution is -2.39. The average Bonchev–Trinajstić information content (AvgIpc) is 2.88. The molecule has 37 heavy (non-hydrogen) atoms. The number of carbonyl (C=O) groups is 1. The maximum Gasteiger partial charge on any atom is 0.265 e. The predicted molar refractivity (Wildman–Crippen MR) is 132 cm³/mol. The summed E-state index contributed by atoms with van der Waals surface area (Å²) in [6.45, 7) is -0.813. The van der Waals surface area contributed by atoms with Crippen LogP contribution in [-0.4, -0.2) is 49.3 Å². The number of halogens is 2. The molecule has 0 aliphatic heterocycles. The molecule has 1 amide bonds. The van der Waals surface area contributed by atoms with Gasteiger partial charge in [0, 0.05) is 23.6 Å². The van der Waals surface area contributed by atoms with Crippen LogP contribution in [0.5, 0.6) is 23.0 Å². The van der Waals surface area contributed by atoms with Gasteiger partial charge in [-0.3, -0.25) is 9.10 Å². The van der Waals surface area contributed by atoms with Crippen LogP contribution < -0.4 is 29.0 Å². The zero-order chi connectivity index (χ0) is 27.3. The number of rotatable bonds is 11. The van der Waals surface area contributed by atoms with Crippen molar-refractivity contribution in [3.05, 3.63) is 71.3 Å². The van der Waals surface area contributed by atoms with E-state index in [9.17, 15) is 22.0 Å². The molecule has 198 valence electrons. The Hall–Kier alpha value is -4.06. The molecule has 0 aliphatic carbocycles. The molecule has 9 nitrogen and oxygen atoms in total. The molecule has 0 aromatic heterocycles. The Kier molecular flexibility index (Phi) is 8.43. The molecule has 0 radical (unpaired) electrons. The third kappa shape index (κ3) is 5.53. The number of ether oxygens (including phenoxy) is 4. The summed E-state index contributed by atoms with van der Waals surface area (Å²) in [6, 6.07) is 10.1. The largest absolute Gasteiger partial charge is 0.496 e. The van der Waals surface area contributed by atoms with Crippen molar-refractivity contribution < 1.29 is 40.9 Å². The Balaban J connectivity index is 2.33. The molecule has 0 aliphatic rings. The number of hydrogen-bond acceptors (Lipinski definition) is 7. The summed E-state index contributed by atoms with van der Waals surface area (Å²) in [4.78, 5) is 11.8. The SMILES string of the molecule is COc1ccc(S(=O)(=O)N(CC(N)=O)c2c(OC)ccc(OC)c2Cc2c(F)cccc2F)cc1OC. The summed E-state index contributed by atoms with van der Waals surface area (Å²) in [6.07, 6.45) is -0.426. The van der Waals surface area contributed by atoms with E-state index in [1.807, 2.05) is 0 Å². The Labute approximate surface area is 213 Å². The summed E-state index contributed by atoms with van der Waals surface area (Å²) in [5.41, 5.74) is 4.99. The molecule has 0 heterocycles. The van der Waals surface area contributed by atoms with E-state index < -0.39 is 40.5 Å². The first-order valence-electron chi connectivity index (χ1n) is 10.8. The fourth-order valence-electron chi connectivity index (χ4n) is 3.80. The molecule has 0 unspecified atom stereocenters. The van der Waals surface area contributed by atoms with E-state index in [1.54, 1.807) is 0 Å². The van der Waals surface area contributed by atoms with E-state index >= 15 is 0 Å². The van der Waals surface area contributed by atoms with Crippen LogP contribution in [0.2, 0.25) is 0 Å². The number of nitrogens with two attached hydrogens (primary N) is 1. The minimum absolute atomic E-state index is 0.00199. The average molecular weight is 537 g/mol. The lowest BCUT2D eigenvalue weighted by molar-refractivity contribution is -0.116. The highest BCUT2D eigenvalue weighted by atomic mass is 32.2. The molecular formula is C25H26F2N2O7S. The van der Waals surface area contributed by atoms with E-state index in [1.165, 1.54) is 64.8 Å². The van der Waals surface area contributed by atoms with Gasteiger partial charge in [0.25, 0.3) is 10.0 Å². The number of anilines is 1. The van der Waals surface area contributed by atoms with Crippen LogP contribution in [0, 0.1) is 11.6 Å². The summed E-state index contributed by atoms with van der Waals surface area (Å²) in [5, 5.41) is 0. The molecule has 0 atom stereocenters. The number of hydrogen-bond donors (Lipinski definition) is 1. The zero-order valence-electron chi connectivity index (χ0n) is 20.6. The van der Waals surface area contributed by atoms with E-state index in [0.717, 1.165) is 12.1 Å². The normalized spacial score (nSPS) is 11.1. The van der Waals surface area contributed by atoms with Crippen LogP contribution in [0.15, 0.2) is 53.4 Å². The topological polar surface area (TPSA) is 117 Å². The number of benzene rings is 3. The maximum absolute atomic E-state index is 14.6. The minimum Gasteiger partial charge on any atom is -0.496 e. The number of primary amides is 1. The van der Waals surface area contributed by atoms with E-state index in [-0.39, 0.29) is 44.7 Å². The second-order valence-electron chi connectivity index (χ2n) is 7.67.